The number of hydrogen-bond donors (Lipinski definition) is 2. The Kier molecular flexibility index (Phi) is 22.6. The predicted molar refractivity (Wildman–Crippen MR) is 271 cm³/mol. The van der Waals surface area contributed by atoms with Gasteiger partial charge in [0.2, 0.25) is 21.7 Å². The normalized spacial score (nSPS) is 14.0. The number of halogens is 6. The molecule has 404 valence electrons. The molecule has 0 saturated carbocycles. The van der Waals surface area contributed by atoms with Crippen LogP contribution in [0.2, 0.25) is 10.0 Å². The standard InChI is InChI=1S/C16H18Cl2N2O4.C14H13F3N2O4S.C14H14IN5O6S.Na/c1-4-23-14(21)12-9-16(3,15(22)24-5-2)20(19-12)13-7-6-10(17)8-11(13)18;1-7-11(13(21)19(2)18-7)12(20)9-5-4-8(14(15,16)17)6-10(9)24(3,22)23;1-7-16-12(19-14(17-7)26-3)18-13(22)20-27(23,24)10-6-8(15)4-5-9(10)11(21)25-2;/h6-8H,4-5,9H2,1-3H3;4-6,21H,1-3H3;4-6H,1-3H3,(H2,16,17,18,19,20,22);/q;;;+1/p-1. The van der Waals surface area contributed by atoms with Gasteiger partial charge in [-0.3, -0.25) is 9.59 Å². The molecule has 5 aromatic rings. The van der Waals surface area contributed by atoms with Gasteiger partial charge >= 0.3 is 59.7 Å². The third-order valence-corrected chi connectivity index (χ3v) is 13.5. The van der Waals surface area contributed by atoms with E-state index in [4.69, 9.17) is 37.4 Å². The topological polar surface area (TPSA) is 309 Å². The summed E-state index contributed by atoms with van der Waals surface area (Å²) in [5.41, 5.74) is -2.64. The maximum absolute atomic E-state index is 12.8. The summed E-state index contributed by atoms with van der Waals surface area (Å²) in [6.07, 6.45) is -3.99. The Bertz CT molecular complexity index is 3320. The predicted octanol–water partition coefficient (Wildman–Crippen LogP) is 4.41. The number of alkyl halides is 3. The molecule has 2 N–H and O–H groups in total. The summed E-state index contributed by atoms with van der Waals surface area (Å²) >= 11 is 14.0. The van der Waals surface area contributed by atoms with E-state index in [1.54, 1.807) is 39.0 Å². The Balaban J connectivity index is 0.000000299. The number of hydrazone groups is 1. The Labute approximate surface area is 478 Å². The van der Waals surface area contributed by atoms with Gasteiger partial charge in [-0.25, -0.2) is 45.9 Å². The second-order valence-corrected chi connectivity index (χ2v) is 21.0. The number of nitrogens with one attached hydrogen (secondary N) is 1. The number of methoxy groups -OCH3 is 2. The number of sulfone groups is 1. The number of aromatic hydroxyl groups is 1. The van der Waals surface area contributed by atoms with Crippen molar-refractivity contribution in [2.45, 2.75) is 62.5 Å². The van der Waals surface area contributed by atoms with Crippen molar-refractivity contribution in [3.8, 4) is 11.9 Å². The smallest absolute Gasteiger partial charge is 0.493 e. The van der Waals surface area contributed by atoms with E-state index in [0.717, 1.165) is 17.9 Å². The van der Waals surface area contributed by atoms with Crippen LogP contribution in [0.3, 0.4) is 0 Å². The third-order valence-electron chi connectivity index (χ3n) is 9.89. The minimum atomic E-state index is -4.76. The van der Waals surface area contributed by atoms with Crippen LogP contribution in [0.1, 0.15) is 70.6 Å². The van der Waals surface area contributed by atoms with Gasteiger partial charge in [-0.05, 0) is 112 Å². The van der Waals surface area contributed by atoms with Crippen LogP contribution in [0, 0.1) is 17.4 Å². The van der Waals surface area contributed by atoms with E-state index >= 15 is 0 Å². The minimum absolute atomic E-state index is 0. The van der Waals surface area contributed by atoms with Crippen molar-refractivity contribution in [2.24, 2.45) is 12.1 Å². The number of esters is 3. The van der Waals surface area contributed by atoms with Gasteiger partial charge in [0.05, 0.1) is 64.8 Å². The van der Waals surface area contributed by atoms with Gasteiger partial charge in [-0.15, -0.1) is 0 Å². The van der Waals surface area contributed by atoms with Gasteiger partial charge in [0, 0.05) is 33.9 Å². The van der Waals surface area contributed by atoms with Crippen LogP contribution in [-0.2, 0) is 56.9 Å². The maximum Gasteiger partial charge on any atom is 1.00 e. The number of carbonyl (C=O) groups is 5. The van der Waals surface area contributed by atoms with Crippen molar-refractivity contribution in [3.05, 3.63) is 107 Å². The number of sulfonamides is 1. The number of ether oxygens (including phenoxy) is 4. The molecule has 0 bridgehead atoms. The molecule has 0 saturated heterocycles. The van der Waals surface area contributed by atoms with Crippen molar-refractivity contribution in [1.82, 2.24) is 24.7 Å². The molecule has 1 atom stereocenters. The van der Waals surface area contributed by atoms with E-state index in [1.165, 1.54) is 51.2 Å². The second-order valence-electron chi connectivity index (χ2n) is 15.4. The van der Waals surface area contributed by atoms with Crippen LogP contribution in [0.4, 0.5) is 29.6 Å². The first-order valence-corrected chi connectivity index (χ1v) is 26.3. The third kappa shape index (κ3) is 15.9. The van der Waals surface area contributed by atoms with Gasteiger partial charge < -0.3 is 34.1 Å². The number of urea groups is 1. The van der Waals surface area contributed by atoms with Gasteiger partial charge in [-0.2, -0.15) is 33.3 Å². The Hall–Kier alpha value is -5.70. The zero-order chi connectivity index (χ0) is 56.5. The Morgan fingerprint density at radius 3 is 2.07 bits per heavy atom. The molecule has 2 amide bonds. The molecule has 32 heteroatoms. The number of ketones is 1. The number of amides is 2. The minimum Gasteiger partial charge on any atom is -0.493 e. The molecule has 0 radical (unpaired) electrons. The van der Waals surface area contributed by atoms with Crippen LogP contribution in [0.25, 0.3) is 4.72 Å². The fourth-order valence-electron chi connectivity index (χ4n) is 6.52. The Morgan fingerprint density at radius 1 is 0.895 bits per heavy atom. The molecular formula is C44H44Cl2F3IN9NaO14S2. The molecule has 0 aliphatic carbocycles. The van der Waals surface area contributed by atoms with Crippen molar-refractivity contribution in [3.63, 3.8) is 0 Å². The zero-order valence-corrected chi connectivity index (χ0v) is 49.0. The Morgan fingerprint density at radius 2 is 1.53 bits per heavy atom. The summed E-state index contributed by atoms with van der Waals surface area (Å²) in [7, 11) is -4.83. The van der Waals surface area contributed by atoms with Crippen molar-refractivity contribution in [2.75, 3.05) is 44.0 Å². The first-order valence-electron chi connectivity index (χ1n) is 21.1. The summed E-state index contributed by atoms with van der Waals surface area (Å²) in [6, 6.07) is 9.30. The number of aryl methyl sites for hydroxylation is 3. The van der Waals surface area contributed by atoms with Crippen LogP contribution in [0.15, 0.2) is 69.5 Å². The maximum atomic E-state index is 12.8. The van der Waals surface area contributed by atoms with E-state index in [9.17, 15) is 59.1 Å². The summed E-state index contributed by atoms with van der Waals surface area (Å²) in [5.74, 6) is -3.37. The first-order chi connectivity index (χ1) is 34.8. The quantitative estimate of drug-likeness (QED) is 0.0542. The average molecular weight is 1260 g/mol. The number of hydrogen-bond acceptors (Lipinski definition) is 20. The van der Waals surface area contributed by atoms with Crippen molar-refractivity contribution >= 4 is 113 Å². The van der Waals surface area contributed by atoms with E-state index in [0.29, 0.717) is 37.7 Å². The molecule has 76 heavy (non-hydrogen) atoms. The number of rotatable bonds is 13. The molecule has 0 fully saturated rings. The molecule has 1 aliphatic rings. The van der Waals surface area contributed by atoms with Gasteiger partial charge in [-0.1, -0.05) is 23.2 Å². The van der Waals surface area contributed by atoms with Crippen LogP contribution in [0.5, 0.6) is 11.9 Å². The van der Waals surface area contributed by atoms with Crippen LogP contribution in [-0.4, -0.2) is 121 Å². The van der Waals surface area contributed by atoms with Crippen LogP contribution >= 0.6 is 45.8 Å². The number of nitrogens with zero attached hydrogens (tertiary/aromatic N) is 8. The van der Waals surface area contributed by atoms with Gasteiger partial charge in [0.1, 0.15) is 17.1 Å². The zero-order valence-electron chi connectivity index (χ0n) is 41.7. The van der Waals surface area contributed by atoms with Crippen molar-refractivity contribution < 1.29 is 108 Å². The number of carbonyl (C=O) groups excluding carboxylic acids is 5. The molecule has 1 aliphatic heterocycles. The van der Waals surface area contributed by atoms with E-state index < -0.39 is 88.1 Å². The van der Waals surface area contributed by atoms with Crippen molar-refractivity contribution in [1.29, 1.82) is 0 Å². The molecule has 23 nitrogen and oxygen atoms in total. The molecule has 1 unspecified atom stereocenters. The molecule has 6 rings (SSSR count). The van der Waals surface area contributed by atoms with Gasteiger partial charge in [0.15, 0.2) is 27.4 Å². The number of anilines is 2. The molecule has 3 aromatic carbocycles. The largest absolute Gasteiger partial charge is 1.00 e. The van der Waals surface area contributed by atoms with Crippen LogP contribution < -0.4 is 44.6 Å². The monoisotopic (exact) mass is 1260 g/mol. The fraction of sp³-hybridized carbons (Fsp3) is 0.318. The fourth-order valence-corrected chi connectivity index (χ4v) is 9.68. The molecular weight excluding hydrogens is 1220 g/mol. The average Bonchev–Trinajstić information content (AvgIpc) is 3.81. The van der Waals surface area contributed by atoms with Gasteiger partial charge in [0.25, 0.3) is 0 Å². The summed E-state index contributed by atoms with van der Waals surface area (Å²) in [5, 5.41) is 22.3. The number of aromatic nitrogens is 5. The SMILES string of the molecule is CCOC(=O)C1=NN(c2ccc(Cl)cc2Cl)C(C)(C(=O)OCC)C1.COC(=O)c1ccc(I)cc1S(=O)(=O)[N-]C(=O)Nc1nc(C)nc(OC)n1.Cc1nn(C)c(O)c1C(=O)c1ccc(C(F)(F)F)cc1S(C)(=O)=O.[Na+]. The second kappa shape index (κ2) is 26.6. The van der Waals surface area contributed by atoms with E-state index in [-0.39, 0.29) is 89.5 Å². The first kappa shape index (κ1) is 64.6. The molecule has 2 aromatic heterocycles. The van der Waals surface area contributed by atoms with E-state index in [2.05, 4.69) is 39.9 Å². The number of benzene rings is 3. The summed E-state index contributed by atoms with van der Waals surface area (Å²) < 4.78 is 111. The van der Waals surface area contributed by atoms with E-state index in [1.807, 2.05) is 22.6 Å². The molecule has 0 spiro atoms. The summed E-state index contributed by atoms with van der Waals surface area (Å²) in [4.78, 5) is 71.2. The molecule has 3 heterocycles. The summed E-state index contributed by atoms with van der Waals surface area (Å²) in [6.45, 7) is 8.43.